The van der Waals surface area contributed by atoms with Crippen molar-refractivity contribution in [2.75, 3.05) is 18.1 Å². The smallest absolute Gasteiger partial charge is 0.416 e. The second-order valence-electron chi connectivity index (χ2n) is 6.93. The highest BCUT2D eigenvalue weighted by atomic mass is 35.5. The molecule has 0 fully saturated rings. The van der Waals surface area contributed by atoms with E-state index in [9.17, 15) is 22.8 Å². The second kappa shape index (κ2) is 8.90. The lowest BCUT2D eigenvalue weighted by Crippen LogP contribution is -2.61. The van der Waals surface area contributed by atoms with E-state index < -0.39 is 29.2 Å². The van der Waals surface area contributed by atoms with Crippen molar-refractivity contribution >= 4 is 29.2 Å². The number of rotatable bonds is 6. The Morgan fingerprint density at radius 3 is 2.44 bits per heavy atom. The lowest BCUT2D eigenvalue weighted by molar-refractivity contribution is -0.168. The molecule has 1 atom stereocenters. The molecule has 1 unspecified atom stereocenters. The third-order valence-corrected chi connectivity index (χ3v) is 5.30. The Balaban J connectivity index is 1.98. The number of likely N-dealkylation sites (N-methyl/N-ethyl adjacent to an activating group) is 1. The molecule has 10 heteroatoms. The Morgan fingerprint density at radius 2 is 1.88 bits per heavy atom. The van der Waals surface area contributed by atoms with Crippen LogP contribution in [0.25, 0.3) is 0 Å². The summed E-state index contributed by atoms with van der Waals surface area (Å²) in [4.78, 5) is 27.1. The first kappa shape index (κ1) is 23.7. The van der Waals surface area contributed by atoms with Gasteiger partial charge < -0.3 is 19.1 Å². The largest absolute Gasteiger partial charge is 0.463 e. The zero-order chi connectivity index (χ0) is 23.7. The molecule has 172 valence electrons. The number of carbonyl (C=O) groups is 2. The van der Waals surface area contributed by atoms with Gasteiger partial charge in [0.15, 0.2) is 0 Å². The van der Waals surface area contributed by atoms with Crippen molar-refractivity contribution in [2.45, 2.75) is 39.0 Å². The summed E-state index contributed by atoms with van der Waals surface area (Å²) >= 11 is 5.97. The van der Waals surface area contributed by atoms with Gasteiger partial charge in [0, 0.05) is 19.0 Å². The SMILES string of the molecule is CCOC(=O)C1(CC)Oc2cc(Oc3ccc(C(F)(F)F)cc3Cl)ccc2N(CC)C1=O. The quantitative estimate of drug-likeness (QED) is 0.405. The third-order valence-electron chi connectivity index (χ3n) is 5.00. The van der Waals surface area contributed by atoms with Crippen LogP contribution in [0, 0.1) is 0 Å². The average Bonchev–Trinajstić information content (AvgIpc) is 2.74. The number of alkyl halides is 3. The Hall–Kier alpha value is -2.94. The Labute approximate surface area is 187 Å². The molecule has 3 rings (SSSR count). The van der Waals surface area contributed by atoms with Crippen molar-refractivity contribution < 1.29 is 37.0 Å². The molecule has 1 aliphatic heterocycles. The number of anilines is 1. The molecule has 1 aliphatic rings. The Bertz CT molecular complexity index is 1040. The molecule has 2 aromatic carbocycles. The van der Waals surface area contributed by atoms with E-state index in [1.165, 1.54) is 17.0 Å². The van der Waals surface area contributed by atoms with Crippen molar-refractivity contribution in [1.29, 1.82) is 0 Å². The van der Waals surface area contributed by atoms with Crippen molar-refractivity contribution in [3.63, 3.8) is 0 Å². The van der Waals surface area contributed by atoms with Gasteiger partial charge in [-0.2, -0.15) is 13.2 Å². The molecule has 0 spiro atoms. The monoisotopic (exact) mass is 471 g/mol. The molecule has 0 saturated carbocycles. The van der Waals surface area contributed by atoms with E-state index in [1.54, 1.807) is 26.8 Å². The highest BCUT2D eigenvalue weighted by Crippen LogP contribution is 2.43. The Kier molecular flexibility index (Phi) is 6.59. The normalized spacial score (nSPS) is 18.1. The zero-order valence-corrected chi connectivity index (χ0v) is 18.3. The van der Waals surface area contributed by atoms with E-state index >= 15 is 0 Å². The lowest BCUT2D eigenvalue weighted by atomic mass is 9.95. The Morgan fingerprint density at radius 1 is 1.16 bits per heavy atom. The number of hydrogen-bond donors (Lipinski definition) is 0. The van der Waals surface area contributed by atoms with Crippen molar-refractivity contribution in [3.05, 3.63) is 47.0 Å². The molecule has 0 radical (unpaired) electrons. The van der Waals surface area contributed by atoms with E-state index in [0.717, 1.165) is 18.2 Å². The minimum absolute atomic E-state index is 0.00555. The molecule has 0 saturated heterocycles. The molecule has 0 aliphatic carbocycles. The predicted octanol–water partition coefficient (Wildman–Crippen LogP) is 5.61. The number of fused-ring (bicyclic) bond motifs is 1. The van der Waals surface area contributed by atoms with Gasteiger partial charge in [-0.3, -0.25) is 4.79 Å². The number of carbonyl (C=O) groups excluding carboxylic acids is 2. The number of esters is 1. The summed E-state index contributed by atoms with van der Waals surface area (Å²) in [6.45, 7) is 5.37. The predicted molar refractivity (Wildman–Crippen MR) is 111 cm³/mol. The molecule has 0 bridgehead atoms. The van der Waals surface area contributed by atoms with Gasteiger partial charge in [0.2, 0.25) is 0 Å². The molecule has 2 aromatic rings. The topological polar surface area (TPSA) is 65.1 Å². The van der Waals surface area contributed by atoms with Gasteiger partial charge in [0.1, 0.15) is 17.2 Å². The van der Waals surface area contributed by atoms with Crippen molar-refractivity contribution in [3.8, 4) is 17.2 Å². The van der Waals surface area contributed by atoms with Gasteiger partial charge in [0.25, 0.3) is 11.5 Å². The number of amides is 1. The number of nitrogens with zero attached hydrogens (tertiary/aromatic N) is 1. The van der Waals surface area contributed by atoms with E-state index in [2.05, 4.69) is 0 Å². The fourth-order valence-corrected chi connectivity index (χ4v) is 3.59. The van der Waals surface area contributed by atoms with Crippen LogP contribution in [-0.4, -0.2) is 30.6 Å². The van der Waals surface area contributed by atoms with Crippen LogP contribution in [-0.2, 0) is 20.5 Å². The number of hydrogen-bond acceptors (Lipinski definition) is 5. The van der Waals surface area contributed by atoms with Gasteiger partial charge in [-0.1, -0.05) is 18.5 Å². The summed E-state index contributed by atoms with van der Waals surface area (Å²) in [5.41, 5.74) is -2.32. The summed E-state index contributed by atoms with van der Waals surface area (Å²) in [7, 11) is 0. The maximum absolute atomic E-state index is 13.1. The maximum Gasteiger partial charge on any atom is 0.416 e. The number of halogens is 4. The summed E-state index contributed by atoms with van der Waals surface area (Å²) in [6.07, 6.45) is -4.50. The van der Waals surface area contributed by atoms with E-state index in [0.29, 0.717) is 5.69 Å². The molecule has 0 N–H and O–H groups in total. The number of benzene rings is 2. The van der Waals surface area contributed by atoms with Crippen LogP contribution >= 0.6 is 11.6 Å². The van der Waals surface area contributed by atoms with Crippen LogP contribution in [0.1, 0.15) is 32.8 Å². The highest BCUT2D eigenvalue weighted by molar-refractivity contribution is 6.32. The maximum atomic E-state index is 13.1. The van der Waals surface area contributed by atoms with E-state index in [4.69, 9.17) is 25.8 Å². The average molecular weight is 472 g/mol. The summed E-state index contributed by atoms with van der Waals surface area (Å²) < 4.78 is 55.2. The van der Waals surface area contributed by atoms with Gasteiger partial charge in [0.05, 0.1) is 22.9 Å². The molecular weight excluding hydrogens is 451 g/mol. The van der Waals surface area contributed by atoms with Crippen LogP contribution in [0.15, 0.2) is 36.4 Å². The summed E-state index contributed by atoms with van der Waals surface area (Å²) in [5, 5.41) is -0.224. The molecule has 1 amide bonds. The van der Waals surface area contributed by atoms with Gasteiger partial charge in [-0.05, 0) is 44.2 Å². The minimum atomic E-state index is -4.53. The first-order chi connectivity index (χ1) is 15.1. The standard InChI is InChI=1S/C22H21ClF3NO5/c1-4-21(20(29)30-6-3)19(28)27(5-2)16-9-8-14(12-18(16)32-21)31-17-10-7-13(11-15(17)23)22(24,25)26/h7-12H,4-6H2,1-3H3. The summed E-state index contributed by atoms with van der Waals surface area (Å²) in [5.74, 6) is -0.931. The van der Waals surface area contributed by atoms with Crippen LogP contribution in [0.2, 0.25) is 5.02 Å². The molecule has 1 heterocycles. The highest BCUT2D eigenvalue weighted by Gasteiger charge is 2.54. The van der Waals surface area contributed by atoms with E-state index in [1.807, 2.05) is 0 Å². The van der Waals surface area contributed by atoms with Crippen LogP contribution in [0.3, 0.4) is 0 Å². The summed E-state index contributed by atoms with van der Waals surface area (Å²) in [6, 6.07) is 7.27. The fraction of sp³-hybridized carbons (Fsp3) is 0.364. The fourth-order valence-electron chi connectivity index (χ4n) is 3.37. The first-order valence-electron chi connectivity index (χ1n) is 9.94. The molecule has 0 aromatic heterocycles. The second-order valence-corrected chi connectivity index (χ2v) is 7.33. The van der Waals surface area contributed by atoms with Gasteiger partial charge in [-0.25, -0.2) is 4.79 Å². The molecular formula is C22H21ClF3NO5. The van der Waals surface area contributed by atoms with Crippen LogP contribution in [0.5, 0.6) is 17.2 Å². The lowest BCUT2D eigenvalue weighted by Gasteiger charge is -2.40. The van der Waals surface area contributed by atoms with Crippen molar-refractivity contribution in [1.82, 2.24) is 0 Å². The number of ether oxygens (including phenoxy) is 3. The van der Waals surface area contributed by atoms with Crippen molar-refractivity contribution in [2.24, 2.45) is 0 Å². The zero-order valence-electron chi connectivity index (χ0n) is 17.6. The van der Waals surface area contributed by atoms with E-state index in [-0.39, 0.29) is 41.8 Å². The first-order valence-corrected chi connectivity index (χ1v) is 10.3. The van der Waals surface area contributed by atoms with Gasteiger partial charge in [-0.15, -0.1) is 0 Å². The minimum Gasteiger partial charge on any atom is -0.463 e. The molecule has 32 heavy (non-hydrogen) atoms. The van der Waals surface area contributed by atoms with Gasteiger partial charge >= 0.3 is 12.1 Å². The van der Waals surface area contributed by atoms with Crippen LogP contribution < -0.4 is 14.4 Å². The van der Waals surface area contributed by atoms with Crippen LogP contribution in [0.4, 0.5) is 18.9 Å². The molecule has 6 nitrogen and oxygen atoms in total. The third kappa shape index (κ3) is 4.21.